The number of rotatable bonds is 6. The molecule has 1 unspecified atom stereocenters. The smallest absolute Gasteiger partial charge is 0.185 e. The summed E-state index contributed by atoms with van der Waals surface area (Å²) in [6, 6.07) is 18.7. The Morgan fingerprint density at radius 3 is 2.10 bits per heavy atom. The van der Waals surface area contributed by atoms with Gasteiger partial charge in [0.15, 0.2) is 24.0 Å². The number of hydrogen-bond donors (Lipinski definition) is 0. The Kier molecular flexibility index (Phi) is 7.44. The molecule has 0 bridgehead atoms. The van der Waals surface area contributed by atoms with Gasteiger partial charge in [0.1, 0.15) is 11.9 Å². The molecule has 1 fully saturated rings. The second kappa shape index (κ2) is 9.26. The zero-order valence-electron chi connectivity index (χ0n) is 20.0. The number of halogens is 1. The van der Waals surface area contributed by atoms with Crippen LogP contribution in [-0.4, -0.2) is 34.3 Å². The molecule has 2 aromatic carbocycles. The van der Waals surface area contributed by atoms with Crippen LogP contribution in [0.5, 0.6) is 0 Å². The minimum absolute atomic E-state index is 0.0420. The third kappa shape index (κ3) is 5.80. The lowest BCUT2D eigenvalue weighted by molar-refractivity contribution is 0.201. The minimum atomic E-state index is -2.49. The first-order valence-electron chi connectivity index (χ1n) is 10.9. The van der Waals surface area contributed by atoms with Crippen LogP contribution in [0.25, 0.3) is 0 Å². The summed E-state index contributed by atoms with van der Waals surface area (Å²) in [6.45, 7) is 15.8. The molecule has 1 aliphatic heterocycles. The predicted molar refractivity (Wildman–Crippen MR) is 139 cm³/mol. The van der Waals surface area contributed by atoms with Gasteiger partial charge in [0, 0.05) is 11.1 Å². The van der Waals surface area contributed by atoms with Crippen molar-refractivity contribution >= 4 is 35.6 Å². The third-order valence-electron chi connectivity index (χ3n) is 5.25. The molecular formula is C23H36ClN2O2PSi2. The van der Waals surface area contributed by atoms with E-state index in [0.717, 1.165) is 10.6 Å². The molecule has 2 aromatic rings. The zero-order chi connectivity index (χ0) is 23.0. The fraction of sp³-hybridized carbons (Fsp3) is 0.478. The van der Waals surface area contributed by atoms with E-state index in [9.17, 15) is 0 Å². The van der Waals surface area contributed by atoms with Crippen molar-refractivity contribution in [2.45, 2.75) is 64.2 Å². The van der Waals surface area contributed by atoms with Gasteiger partial charge in [-0.1, -0.05) is 54.1 Å². The van der Waals surface area contributed by atoms with Crippen molar-refractivity contribution in [1.82, 2.24) is 4.67 Å². The molecule has 0 radical (unpaired) electrons. The molecule has 1 saturated heterocycles. The molecular weight excluding hydrogens is 459 g/mol. The van der Waals surface area contributed by atoms with Crippen LogP contribution in [0.2, 0.25) is 44.3 Å². The van der Waals surface area contributed by atoms with Crippen LogP contribution >= 0.6 is 19.0 Å². The SMILES string of the molecule is C[C@H]1[C@@H](c2ccccc2)OP(=N[Si](C)(C)C)([C@@H](O[Si](C)(C)C)c2ccc(Cl)cc2)N1C. The molecule has 4 nitrogen and oxygen atoms in total. The van der Waals surface area contributed by atoms with Crippen molar-refractivity contribution in [2.75, 3.05) is 7.05 Å². The van der Waals surface area contributed by atoms with E-state index < -0.39 is 24.0 Å². The molecule has 0 amide bonds. The summed E-state index contributed by atoms with van der Waals surface area (Å²) in [7, 11) is -4.10. The maximum atomic E-state index is 7.10. The highest BCUT2D eigenvalue weighted by Gasteiger charge is 2.51. The van der Waals surface area contributed by atoms with Gasteiger partial charge in [0.05, 0.1) is 0 Å². The summed E-state index contributed by atoms with van der Waals surface area (Å²) in [5, 5.41) is 0.723. The number of benzene rings is 2. The van der Waals surface area contributed by atoms with Crippen molar-refractivity contribution in [3.8, 4) is 0 Å². The average Bonchev–Trinajstić information content (AvgIpc) is 2.91. The predicted octanol–water partition coefficient (Wildman–Crippen LogP) is 8.15. The van der Waals surface area contributed by atoms with Crippen molar-refractivity contribution in [1.29, 1.82) is 0 Å². The van der Waals surface area contributed by atoms with Crippen molar-refractivity contribution in [3.63, 3.8) is 0 Å². The maximum Gasteiger partial charge on any atom is 0.185 e. The minimum Gasteiger partial charge on any atom is -0.402 e. The Labute approximate surface area is 195 Å². The van der Waals surface area contributed by atoms with Crippen LogP contribution in [0.3, 0.4) is 0 Å². The fourth-order valence-corrected chi connectivity index (χ4v) is 13.3. The Balaban J connectivity index is 2.22. The summed E-state index contributed by atoms with van der Waals surface area (Å²) in [5.74, 6) is -0.232. The Bertz CT molecular complexity index is 943. The van der Waals surface area contributed by atoms with Gasteiger partial charge in [-0.3, -0.25) is 0 Å². The van der Waals surface area contributed by atoms with Gasteiger partial charge in [0.2, 0.25) is 0 Å². The summed E-state index contributed by atoms with van der Waals surface area (Å²) in [4.78, 5) is 0. The van der Waals surface area contributed by atoms with E-state index in [1.165, 1.54) is 5.56 Å². The molecule has 0 spiro atoms. The standard InChI is InChI=1S/C23H36ClN2O2PSi2/c1-18-22(19-12-10-9-11-13-19)27-29(26(18)2,25-30(3,4)5)23(28-31(6,7)8)20-14-16-21(24)17-15-20/h9-18,22-23H,1-8H3/t18-,22-,23+,29?/m0/s1. The molecule has 1 heterocycles. The van der Waals surface area contributed by atoms with E-state index >= 15 is 0 Å². The van der Waals surface area contributed by atoms with Gasteiger partial charge >= 0.3 is 0 Å². The van der Waals surface area contributed by atoms with Crippen LogP contribution < -0.4 is 0 Å². The molecule has 3 rings (SSSR count). The molecule has 0 saturated carbocycles. The normalized spacial score (nSPS) is 26.1. The number of nitrogens with zero attached hydrogens (tertiary/aromatic N) is 2. The van der Waals surface area contributed by atoms with Crippen molar-refractivity contribution < 1.29 is 8.95 Å². The second-order valence-corrected chi connectivity index (χ2v) is 22.8. The number of hydrogen-bond acceptors (Lipinski definition) is 3. The zero-order valence-corrected chi connectivity index (χ0v) is 23.6. The third-order valence-corrected chi connectivity index (χ3v) is 13.0. The van der Waals surface area contributed by atoms with Crippen LogP contribution in [0.1, 0.15) is 30.0 Å². The summed E-state index contributed by atoms with van der Waals surface area (Å²) < 4.78 is 21.9. The molecule has 31 heavy (non-hydrogen) atoms. The van der Waals surface area contributed by atoms with Crippen LogP contribution in [-0.2, 0) is 8.95 Å². The lowest BCUT2D eigenvalue weighted by Crippen LogP contribution is -2.32. The highest BCUT2D eigenvalue weighted by Crippen LogP contribution is 2.73. The van der Waals surface area contributed by atoms with E-state index in [0.29, 0.717) is 0 Å². The lowest BCUT2D eigenvalue weighted by Gasteiger charge is -2.39. The molecule has 0 aromatic heterocycles. The Morgan fingerprint density at radius 1 is 1.00 bits per heavy atom. The molecule has 1 aliphatic rings. The summed E-state index contributed by atoms with van der Waals surface area (Å²) in [5.41, 5.74) is 2.28. The lowest BCUT2D eigenvalue weighted by atomic mass is 10.0. The van der Waals surface area contributed by atoms with Crippen LogP contribution in [0, 0.1) is 0 Å². The highest BCUT2D eigenvalue weighted by molar-refractivity contribution is 7.60. The van der Waals surface area contributed by atoms with E-state index in [4.69, 9.17) is 25.0 Å². The maximum absolute atomic E-state index is 7.10. The van der Waals surface area contributed by atoms with Crippen LogP contribution in [0.15, 0.2) is 59.0 Å². The Morgan fingerprint density at radius 2 is 1.58 bits per heavy atom. The molecule has 0 N–H and O–H groups in total. The van der Waals surface area contributed by atoms with Crippen molar-refractivity contribution in [3.05, 3.63) is 70.7 Å². The van der Waals surface area contributed by atoms with Gasteiger partial charge in [-0.2, -0.15) is 0 Å². The van der Waals surface area contributed by atoms with Gasteiger partial charge in [-0.15, -0.1) is 0 Å². The molecule has 170 valence electrons. The largest absolute Gasteiger partial charge is 0.402 e. The second-order valence-electron chi connectivity index (χ2n) is 10.2. The Hall–Kier alpha value is -0.726. The van der Waals surface area contributed by atoms with Gasteiger partial charge < -0.3 is 13.4 Å². The summed E-state index contributed by atoms with van der Waals surface area (Å²) in [6.07, 6.45) is -0.0420. The van der Waals surface area contributed by atoms with Crippen LogP contribution in [0.4, 0.5) is 0 Å². The van der Waals surface area contributed by atoms with Gasteiger partial charge in [0.25, 0.3) is 0 Å². The monoisotopic (exact) mass is 494 g/mol. The van der Waals surface area contributed by atoms with Gasteiger partial charge in [-0.25, -0.2) is 4.67 Å². The first-order chi connectivity index (χ1) is 14.3. The fourth-order valence-electron chi connectivity index (χ4n) is 3.86. The van der Waals surface area contributed by atoms with E-state index in [-0.39, 0.29) is 18.0 Å². The van der Waals surface area contributed by atoms with Gasteiger partial charge in [-0.05, 0) is 76.5 Å². The molecule has 4 atom stereocenters. The summed E-state index contributed by atoms with van der Waals surface area (Å²) >= 11 is 6.22. The average molecular weight is 495 g/mol. The quantitative estimate of drug-likeness (QED) is 0.300. The number of likely N-dealkylation sites (N-methyl/N-ethyl adjacent to an activating group) is 1. The highest BCUT2D eigenvalue weighted by atomic mass is 35.5. The van der Waals surface area contributed by atoms with E-state index in [2.05, 4.69) is 94.3 Å². The topological polar surface area (TPSA) is 34.1 Å². The van der Waals surface area contributed by atoms with E-state index in [1.807, 2.05) is 18.2 Å². The molecule has 8 heteroatoms. The first-order valence-corrected chi connectivity index (χ1v) is 19.8. The van der Waals surface area contributed by atoms with Crippen molar-refractivity contribution in [2.24, 2.45) is 4.41 Å². The first kappa shape index (κ1) is 24.9. The van der Waals surface area contributed by atoms with E-state index in [1.54, 1.807) is 0 Å². The molecule has 0 aliphatic carbocycles.